The van der Waals surface area contributed by atoms with Gasteiger partial charge >= 0.3 is 0 Å². The molecule has 1 saturated carbocycles. The van der Waals surface area contributed by atoms with Crippen LogP contribution in [-0.4, -0.2) is 38.0 Å². The first-order valence-corrected chi connectivity index (χ1v) is 13.3. The number of rotatable bonds is 9. The molecule has 0 atom stereocenters. The van der Waals surface area contributed by atoms with Gasteiger partial charge in [0.25, 0.3) is 11.8 Å². The van der Waals surface area contributed by atoms with Crippen molar-refractivity contribution in [2.75, 3.05) is 17.5 Å². The van der Waals surface area contributed by atoms with Crippen molar-refractivity contribution in [3.8, 4) is 11.3 Å². The molecule has 0 aliphatic heterocycles. The van der Waals surface area contributed by atoms with Gasteiger partial charge in [-0.05, 0) is 73.2 Å². The maximum absolute atomic E-state index is 12.6. The minimum absolute atomic E-state index is 0.0926. The Kier molecular flexibility index (Phi) is 7.16. The van der Waals surface area contributed by atoms with Crippen LogP contribution in [0.2, 0.25) is 0 Å². The summed E-state index contributed by atoms with van der Waals surface area (Å²) in [5, 5.41) is 5.80. The van der Waals surface area contributed by atoms with Crippen LogP contribution in [0.3, 0.4) is 0 Å². The first-order valence-electron chi connectivity index (χ1n) is 11.4. The second kappa shape index (κ2) is 10.3. The second-order valence-corrected chi connectivity index (χ2v) is 10.6. The molecule has 0 unspecified atom stereocenters. The van der Waals surface area contributed by atoms with Crippen molar-refractivity contribution in [2.24, 2.45) is 5.92 Å². The SMILES string of the molecule is Cc1ccc(C(=O)NCC2CC2)cc1-c1ccc(C(=O)NCc2cccc(NS(C)(=O)=O)c2)cn1. The first-order chi connectivity index (χ1) is 16.7. The van der Waals surface area contributed by atoms with E-state index < -0.39 is 10.0 Å². The molecule has 4 rings (SSSR count). The van der Waals surface area contributed by atoms with Gasteiger partial charge in [0.2, 0.25) is 10.0 Å². The number of pyridine rings is 1. The Morgan fingerprint density at radius 1 is 0.971 bits per heavy atom. The van der Waals surface area contributed by atoms with Crippen molar-refractivity contribution in [1.82, 2.24) is 15.6 Å². The number of aromatic nitrogens is 1. The Bertz CT molecular complexity index is 1350. The molecule has 2 amide bonds. The smallest absolute Gasteiger partial charge is 0.253 e. The molecule has 3 aromatic rings. The number of benzene rings is 2. The minimum Gasteiger partial charge on any atom is -0.352 e. The van der Waals surface area contributed by atoms with Crippen molar-refractivity contribution in [3.05, 3.63) is 83.0 Å². The molecule has 0 radical (unpaired) electrons. The average molecular weight is 493 g/mol. The highest BCUT2D eigenvalue weighted by atomic mass is 32.2. The number of nitrogens with zero attached hydrogens (tertiary/aromatic N) is 1. The zero-order chi connectivity index (χ0) is 25.0. The van der Waals surface area contributed by atoms with Crippen LogP contribution in [-0.2, 0) is 16.6 Å². The van der Waals surface area contributed by atoms with Crippen LogP contribution in [0.1, 0.15) is 44.7 Å². The van der Waals surface area contributed by atoms with Crippen LogP contribution in [0.5, 0.6) is 0 Å². The molecule has 1 aliphatic rings. The molecule has 1 heterocycles. The summed E-state index contributed by atoms with van der Waals surface area (Å²) in [5.74, 6) is 0.220. The molecule has 8 nitrogen and oxygen atoms in total. The number of amides is 2. The van der Waals surface area contributed by atoms with E-state index in [1.807, 2.05) is 25.1 Å². The van der Waals surface area contributed by atoms with E-state index in [2.05, 4.69) is 20.3 Å². The van der Waals surface area contributed by atoms with Gasteiger partial charge in [0.15, 0.2) is 0 Å². The maximum atomic E-state index is 12.6. The standard InChI is InChI=1S/C26H28N4O4S/c1-17-6-9-20(25(31)28-14-18-7-8-18)13-23(17)24-11-10-21(16-27-24)26(32)29-15-19-4-3-5-22(12-19)30-35(2,33)34/h3-6,9-13,16,18,30H,7-8,14-15H2,1-2H3,(H,28,31)(H,29,32). The number of anilines is 1. The molecule has 1 aliphatic carbocycles. The van der Waals surface area contributed by atoms with Gasteiger partial charge in [0, 0.05) is 36.1 Å². The lowest BCUT2D eigenvalue weighted by Gasteiger charge is -2.11. The maximum Gasteiger partial charge on any atom is 0.253 e. The number of carbonyl (C=O) groups is 2. The molecule has 0 bridgehead atoms. The third-order valence-electron chi connectivity index (χ3n) is 5.73. The molecule has 2 aromatic carbocycles. The van der Waals surface area contributed by atoms with E-state index in [0.29, 0.717) is 35.0 Å². The molecule has 9 heteroatoms. The van der Waals surface area contributed by atoms with E-state index in [-0.39, 0.29) is 18.4 Å². The minimum atomic E-state index is -3.38. The molecule has 0 saturated heterocycles. The fourth-order valence-electron chi connectivity index (χ4n) is 3.63. The highest BCUT2D eigenvalue weighted by Crippen LogP contribution is 2.28. The van der Waals surface area contributed by atoms with Crippen LogP contribution in [0.15, 0.2) is 60.8 Å². The van der Waals surface area contributed by atoms with Crippen LogP contribution >= 0.6 is 0 Å². The zero-order valence-electron chi connectivity index (χ0n) is 19.7. The molecule has 1 aromatic heterocycles. The fourth-order valence-corrected chi connectivity index (χ4v) is 4.19. The summed E-state index contributed by atoms with van der Waals surface area (Å²) in [6.07, 6.45) is 4.94. The number of sulfonamides is 1. The van der Waals surface area contributed by atoms with Crippen molar-refractivity contribution in [1.29, 1.82) is 0 Å². The Hall–Kier alpha value is -3.72. The predicted molar refractivity (Wildman–Crippen MR) is 136 cm³/mol. The van der Waals surface area contributed by atoms with Gasteiger partial charge in [-0.3, -0.25) is 19.3 Å². The Balaban J connectivity index is 1.40. The molecule has 182 valence electrons. The average Bonchev–Trinajstić information content (AvgIpc) is 3.65. The summed E-state index contributed by atoms with van der Waals surface area (Å²) >= 11 is 0. The molecule has 35 heavy (non-hydrogen) atoms. The van der Waals surface area contributed by atoms with Crippen LogP contribution in [0.25, 0.3) is 11.3 Å². The topological polar surface area (TPSA) is 117 Å². The normalized spacial score (nSPS) is 13.2. The van der Waals surface area contributed by atoms with Crippen LogP contribution in [0, 0.1) is 12.8 Å². The van der Waals surface area contributed by atoms with Gasteiger partial charge in [0.1, 0.15) is 0 Å². The number of aryl methyl sites for hydroxylation is 1. The van der Waals surface area contributed by atoms with Gasteiger partial charge in [-0.15, -0.1) is 0 Å². The first kappa shape index (κ1) is 24.4. The highest BCUT2D eigenvalue weighted by molar-refractivity contribution is 7.92. The van der Waals surface area contributed by atoms with Crippen molar-refractivity contribution >= 4 is 27.5 Å². The quantitative estimate of drug-likeness (QED) is 0.423. The summed E-state index contributed by atoms with van der Waals surface area (Å²) in [6, 6.07) is 15.8. The molecule has 0 spiro atoms. The lowest BCUT2D eigenvalue weighted by atomic mass is 10.0. The van der Waals surface area contributed by atoms with E-state index >= 15 is 0 Å². The van der Waals surface area contributed by atoms with E-state index in [1.54, 1.807) is 36.4 Å². The summed E-state index contributed by atoms with van der Waals surface area (Å²) < 4.78 is 25.2. The van der Waals surface area contributed by atoms with Gasteiger partial charge in [-0.2, -0.15) is 0 Å². The van der Waals surface area contributed by atoms with Crippen LogP contribution in [0.4, 0.5) is 5.69 Å². The number of nitrogens with one attached hydrogen (secondary N) is 3. The monoisotopic (exact) mass is 492 g/mol. The molecular weight excluding hydrogens is 464 g/mol. The predicted octanol–water partition coefficient (Wildman–Crippen LogP) is 3.50. The summed E-state index contributed by atoms with van der Waals surface area (Å²) in [4.78, 5) is 29.5. The van der Waals surface area contributed by atoms with E-state index in [1.165, 1.54) is 19.0 Å². The fraction of sp³-hybridized carbons (Fsp3) is 0.269. The number of hydrogen-bond donors (Lipinski definition) is 3. The lowest BCUT2D eigenvalue weighted by molar-refractivity contribution is 0.0943. The van der Waals surface area contributed by atoms with E-state index in [0.717, 1.165) is 22.9 Å². The molecular formula is C26H28N4O4S. The highest BCUT2D eigenvalue weighted by Gasteiger charge is 2.22. The Labute approximate surface area is 205 Å². The zero-order valence-corrected chi connectivity index (χ0v) is 20.5. The van der Waals surface area contributed by atoms with Gasteiger partial charge in [-0.1, -0.05) is 18.2 Å². The number of hydrogen-bond acceptors (Lipinski definition) is 5. The largest absolute Gasteiger partial charge is 0.352 e. The lowest BCUT2D eigenvalue weighted by Crippen LogP contribution is -2.25. The summed E-state index contributed by atoms with van der Waals surface area (Å²) in [5.41, 5.74) is 4.67. The van der Waals surface area contributed by atoms with Gasteiger partial charge < -0.3 is 10.6 Å². The molecule has 3 N–H and O–H groups in total. The Morgan fingerprint density at radius 3 is 2.40 bits per heavy atom. The third kappa shape index (κ3) is 6.89. The second-order valence-electron chi connectivity index (χ2n) is 8.87. The van der Waals surface area contributed by atoms with Gasteiger partial charge in [0.05, 0.1) is 17.5 Å². The Morgan fingerprint density at radius 2 is 1.71 bits per heavy atom. The van der Waals surface area contributed by atoms with E-state index in [9.17, 15) is 18.0 Å². The van der Waals surface area contributed by atoms with Crippen molar-refractivity contribution in [2.45, 2.75) is 26.3 Å². The van der Waals surface area contributed by atoms with Crippen molar-refractivity contribution in [3.63, 3.8) is 0 Å². The van der Waals surface area contributed by atoms with Gasteiger partial charge in [-0.25, -0.2) is 8.42 Å². The number of carbonyl (C=O) groups excluding carboxylic acids is 2. The summed E-state index contributed by atoms with van der Waals surface area (Å²) in [6.45, 7) is 2.90. The van der Waals surface area contributed by atoms with Crippen LogP contribution < -0.4 is 15.4 Å². The molecule has 1 fully saturated rings. The summed E-state index contributed by atoms with van der Waals surface area (Å²) in [7, 11) is -3.38. The van der Waals surface area contributed by atoms with Crippen molar-refractivity contribution < 1.29 is 18.0 Å². The van der Waals surface area contributed by atoms with E-state index in [4.69, 9.17) is 0 Å². The third-order valence-corrected chi connectivity index (χ3v) is 6.34.